The second-order valence-electron chi connectivity index (χ2n) is 5.50. The van der Waals surface area contributed by atoms with E-state index < -0.39 is 46.0 Å². The minimum atomic E-state index is -1.15. The molecule has 9 heteroatoms. The van der Waals surface area contributed by atoms with Crippen molar-refractivity contribution in [3.63, 3.8) is 0 Å². The van der Waals surface area contributed by atoms with E-state index in [2.05, 4.69) is 10.1 Å². The molecule has 8 nitrogen and oxygen atoms in total. The van der Waals surface area contributed by atoms with Gasteiger partial charge >= 0.3 is 11.9 Å². The summed E-state index contributed by atoms with van der Waals surface area (Å²) in [5.41, 5.74) is 0. The SMILES string of the molecule is CCOC(=O)CC(=O)C(=O)SC(C)(C)C(NC(=O)CC)C(=O)OCC. The number of hydrogen-bond donors (Lipinski definition) is 1. The van der Waals surface area contributed by atoms with Gasteiger partial charge in [-0.2, -0.15) is 0 Å². The van der Waals surface area contributed by atoms with Crippen LogP contribution in [-0.2, 0) is 33.4 Å². The second kappa shape index (κ2) is 10.9. The first-order valence-electron chi connectivity index (χ1n) is 7.96. The van der Waals surface area contributed by atoms with Crippen LogP contribution >= 0.6 is 11.8 Å². The van der Waals surface area contributed by atoms with Crippen molar-refractivity contribution in [2.24, 2.45) is 0 Å². The first-order chi connectivity index (χ1) is 11.6. The van der Waals surface area contributed by atoms with Gasteiger partial charge in [-0.25, -0.2) is 4.79 Å². The summed E-state index contributed by atoms with van der Waals surface area (Å²) in [7, 11) is 0. The molecule has 0 bridgehead atoms. The maximum atomic E-state index is 12.1. The van der Waals surface area contributed by atoms with E-state index in [4.69, 9.17) is 4.74 Å². The second-order valence-corrected chi connectivity index (χ2v) is 7.13. The minimum absolute atomic E-state index is 0.104. The van der Waals surface area contributed by atoms with Crippen LogP contribution in [0.3, 0.4) is 0 Å². The third-order valence-electron chi connectivity index (χ3n) is 3.04. The molecule has 0 aliphatic rings. The summed E-state index contributed by atoms with van der Waals surface area (Å²) < 4.78 is 8.41. The third kappa shape index (κ3) is 8.15. The standard InChI is InChI=1S/C16H25NO7S/c1-6-11(19)17-13(14(21)24-8-3)16(4,5)25-15(22)10(18)9-12(20)23-7-2/h13H,6-9H2,1-5H3,(H,17,19). The number of hydrogen-bond acceptors (Lipinski definition) is 8. The summed E-state index contributed by atoms with van der Waals surface area (Å²) in [5, 5.41) is 1.62. The zero-order valence-electron chi connectivity index (χ0n) is 15.2. The van der Waals surface area contributed by atoms with Crippen LogP contribution in [0.4, 0.5) is 0 Å². The smallest absolute Gasteiger partial charge is 0.330 e. The van der Waals surface area contributed by atoms with Crippen molar-refractivity contribution in [3.05, 3.63) is 0 Å². The molecular formula is C16H25NO7S. The Bertz CT molecular complexity index is 531. The Morgan fingerprint density at radius 3 is 2.04 bits per heavy atom. The summed E-state index contributed by atoms with van der Waals surface area (Å²) in [5.74, 6) is -2.81. The average Bonchev–Trinajstić information content (AvgIpc) is 2.51. The Morgan fingerprint density at radius 1 is 1.00 bits per heavy atom. The molecule has 0 radical (unpaired) electrons. The highest BCUT2D eigenvalue weighted by Crippen LogP contribution is 2.30. The molecule has 0 heterocycles. The van der Waals surface area contributed by atoms with Crippen LogP contribution in [0, 0.1) is 0 Å². The van der Waals surface area contributed by atoms with Crippen LogP contribution in [0.15, 0.2) is 0 Å². The maximum Gasteiger partial charge on any atom is 0.330 e. The van der Waals surface area contributed by atoms with E-state index in [-0.39, 0.29) is 19.6 Å². The number of carbonyl (C=O) groups excluding carboxylic acids is 5. The highest BCUT2D eigenvalue weighted by atomic mass is 32.2. The number of nitrogens with one attached hydrogen (secondary N) is 1. The van der Waals surface area contributed by atoms with Crippen LogP contribution in [0.25, 0.3) is 0 Å². The first-order valence-corrected chi connectivity index (χ1v) is 8.78. The van der Waals surface area contributed by atoms with E-state index in [1.807, 2.05) is 0 Å². The normalized spacial score (nSPS) is 12.0. The van der Waals surface area contributed by atoms with Gasteiger partial charge < -0.3 is 14.8 Å². The number of ketones is 1. The average molecular weight is 375 g/mol. The molecule has 0 fully saturated rings. The highest BCUT2D eigenvalue weighted by Gasteiger charge is 2.41. The molecule has 25 heavy (non-hydrogen) atoms. The molecule has 1 amide bonds. The first kappa shape index (κ1) is 23.1. The van der Waals surface area contributed by atoms with Gasteiger partial charge in [0.2, 0.25) is 11.7 Å². The van der Waals surface area contributed by atoms with Gasteiger partial charge in [-0.3, -0.25) is 19.2 Å². The van der Waals surface area contributed by atoms with Crippen LogP contribution in [-0.4, -0.2) is 52.7 Å². The molecule has 0 aromatic carbocycles. The van der Waals surface area contributed by atoms with Crippen molar-refractivity contribution in [2.75, 3.05) is 13.2 Å². The van der Waals surface area contributed by atoms with Gasteiger partial charge in [0.25, 0.3) is 5.12 Å². The quantitative estimate of drug-likeness (QED) is 0.342. The summed E-state index contributed by atoms with van der Waals surface area (Å²) in [6.45, 7) is 8.09. The Morgan fingerprint density at radius 2 is 1.56 bits per heavy atom. The van der Waals surface area contributed by atoms with Gasteiger partial charge in [0, 0.05) is 11.2 Å². The molecule has 1 atom stereocenters. The van der Waals surface area contributed by atoms with Gasteiger partial charge in [0.15, 0.2) is 0 Å². The molecule has 0 aromatic heterocycles. The molecular weight excluding hydrogens is 350 g/mol. The number of carbonyl (C=O) groups is 5. The van der Waals surface area contributed by atoms with Crippen molar-refractivity contribution in [2.45, 2.75) is 58.2 Å². The van der Waals surface area contributed by atoms with E-state index in [0.717, 1.165) is 0 Å². The zero-order valence-corrected chi connectivity index (χ0v) is 16.0. The van der Waals surface area contributed by atoms with E-state index in [1.165, 1.54) is 13.8 Å². The van der Waals surface area contributed by atoms with Gasteiger partial charge in [0.05, 0.1) is 13.2 Å². The van der Waals surface area contributed by atoms with Crippen LogP contribution in [0.2, 0.25) is 0 Å². The number of amides is 1. The van der Waals surface area contributed by atoms with Crippen LogP contribution in [0.1, 0.15) is 47.5 Å². The lowest BCUT2D eigenvalue weighted by molar-refractivity contribution is -0.148. The predicted octanol–water partition coefficient (Wildman–Crippen LogP) is 1.01. The van der Waals surface area contributed by atoms with Crippen molar-refractivity contribution >= 4 is 40.5 Å². The van der Waals surface area contributed by atoms with Gasteiger partial charge in [-0.15, -0.1) is 0 Å². The van der Waals surface area contributed by atoms with Crippen molar-refractivity contribution in [1.29, 1.82) is 0 Å². The Hall–Kier alpha value is -1.90. The third-order valence-corrected chi connectivity index (χ3v) is 4.21. The summed E-state index contributed by atoms with van der Waals surface area (Å²) in [6.07, 6.45) is -0.520. The Kier molecular flexibility index (Phi) is 10.0. The van der Waals surface area contributed by atoms with Gasteiger partial charge in [0.1, 0.15) is 12.5 Å². The number of ether oxygens (including phenoxy) is 2. The molecule has 1 N–H and O–H groups in total. The summed E-state index contributed by atoms with van der Waals surface area (Å²) in [4.78, 5) is 59.0. The van der Waals surface area contributed by atoms with Crippen molar-refractivity contribution < 1.29 is 33.4 Å². The molecule has 0 rings (SSSR count). The molecule has 0 saturated carbocycles. The highest BCUT2D eigenvalue weighted by molar-refractivity contribution is 8.16. The molecule has 0 aliphatic heterocycles. The number of thioether (sulfide) groups is 1. The maximum absolute atomic E-state index is 12.1. The lowest BCUT2D eigenvalue weighted by Crippen LogP contribution is -2.53. The Labute approximate surface area is 151 Å². The fourth-order valence-corrected chi connectivity index (χ4v) is 2.71. The van der Waals surface area contributed by atoms with E-state index in [1.54, 1.807) is 20.8 Å². The zero-order chi connectivity index (χ0) is 19.6. The van der Waals surface area contributed by atoms with Crippen LogP contribution in [0.5, 0.6) is 0 Å². The van der Waals surface area contributed by atoms with Gasteiger partial charge in [-0.05, 0) is 27.7 Å². The molecule has 0 spiro atoms. The topological polar surface area (TPSA) is 116 Å². The number of esters is 2. The molecule has 1 unspecified atom stereocenters. The van der Waals surface area contributed by atoms with E-state index >= 15 is 0 Å². The minimum Gasteiger partial charge on any atom is -0.466 e. The van der Waals surface area contributed by atoms with Gasteiger partial charge in [-0.1, -0.05) is 18.7 Å². The molecule has 0 aliphatic carbocycles. The lowest BCUT2D eigenvalue weighted by atomic mass is 10.0. The molecule has 0 aromatic rings. The molecule has 142 valence electrons. The monoisotopic (exact) mass is 375 g/mol. The largest absolute Gasteiger partial charge is 0.466 e. The van der Waals surface area contributed by atoms with Crippen molar-refractivity contribution in [3.8, 4) is 0 Å². The van der Waals surface area contributed by atoms with E-state index in [9.17, 15) is 24.0 Å². The summed E-state index contributed by atoms with van der Waals surface area (Å²) >= 11 is 0.573. The van der Waals surface area contributed by atoms with Crippen LogP contribution < -0.4 is 5.32 Å². The fraction of sp³-hybridized carbons (Fsp3) is 0.688. The fourth-order valence-electron chi connectivity index (χ4n) is 1.78. The number of Topliss-reactive ketones (excluding diaryl/α,β-unsaturated/α-hetero) is 1. The number of rotatable bonds is 10. The van der Waals surface area contributed by atoms with Crippen molar-refractivity contribution in [1.82, 2.24) is 5.32 Å². The molecule has 0 saturated heterocycles. The Balaban J connectivity index is 5.13. The lowest BCUT2D eigenvalue weighted by Gasteiger charge is -2.31. The summed E-state index contributed by atoms with van der Waals surface area (Å²) in [6, 6.07) is -1.12. The van der Waals surface area contributed by atoms with E-state index in [0.29, 0.717) is 11.8 Å². The predicted molar refractivity (Wildman–Crippen MR) is 91.8 cm³/mol.